The second kappa shape index (κ2) is 19.6. The Morgan fingerprint density at radius 3 is 2.20 bits per heavy atom. The number of rotatable bonds is 19. The Morgan fingerprint density at radius 1 is 1.02 bits per heavy atom. The molecule has 13 heteroatoms. The van der Waals surface area contributed by atoms with Gasteiger partial charge in [0.2, 0.25) is 5.91 Å². The van der Waals surface area contributed by atoms with Gasteiger partial charge < -0.3 is 34.5 Å². The number of aliphatic imine (C=N–C) groups is 1. The Hall–Kier alpha value is -2.71. The number of hydrogen-bond acceptors (Lipinski definition) is 10. The Labute approximate surface area is 269 Å². The Kier molecular flexibility index (Phi) is 16.0. The van der Waals surface area contributed by atoms with E-state index in [1.807, 2.05) is 38.2 Å². The highest BCUT2D eigenvalue weighted by atomic mass is 35.5. The zero-order valence-corrected chi connectivity index (χ0v) is 27.8. The van der Waals surface area contributed by atoms with E-state index < -0.39 is 0 Å². The summed E-state index contributed by atoms with van der Waals surface area (Å²) in [5, 5.41) is 15.6. The van der Waals surface area contributed by atoms with Gasteiger partial charge in [-0.3, -0.25) is 9.79 Å². The molecule has 1 aliphatic rings. The lowest BCUT2D eigenvalue weighted by Crippen LogP contribution is -2.38. The standard InChI is InChI=1S/C31H45ClN6O5S/c1-22-23(2)44-31-29(22)30(25-6-8-26(32)9-7-25)36-27(21-38(31)24(3)37-34-5)20-28(39)35-11-13-41-15-17-43-19-18-42-16-14-40-12-10-33-4/h6-9,27,33H,5,10-21H2,1-4H3,(H,35,39)/b37-24-/t27-/m0/s1. The number of benzene rings is 1. The van der Waals surface area contributed by atoms with Crippen LogP contribution in [0.15, 0.2) is 39.5 Å². The minimum atomic E-state index is -0.327. The minimum Gasteiger partial charge on any atom is -0.378 e. The number of carbonyl (C=O) groups excluding carboxylic acids is 1. The number of likely N-dealkylation sites (N-methyl/N-ethyl adjacent to an activating group) is 1. The van der Waals surface area contributed by atoms with Gasteiger partial charge in [-0.1, -0.05) is 23.7 Å². The molecule has 0 aliphatic carbocycles. The van der Waals surface area contributed by atoms with Crippen LogP contribution >= 0.6 is 22.9 Å². The number of aryl methyl sites for hydroxylation is 1. The first-order valence-electron chi connectivity index (χ1n) is 14.8. The minimum absolute atomic E-state index is 0.101. The third-order valence-electron chi connectivity index (χ3n) is 6.88. The van der Waals surface area contributed by atoms with Gasteiger partial charge >= 0.3 is 0 Å². The maximum Gasteiger partial charge on any atom is 0.222 e. The van der Waals surface area contributed by atoms with Gasteiger partial charge in [0.15, 0.2) is 0 Å². The number of amides is 1. The van der Waals surface area contributed by atoms with E-state index in [0.717, 1.165) is 33.9 Å². The van der Waals surface area contributed by atoms with Crippen molar-refractivity contribution in [3.05, 3.63) is 50.9 Å². The van der Waals surface area contributed by atoms with E-state index >= 15 is 0 Å². The van der Waals surface area contributed by atoms with Crippen LogP contribution in [-0.4, -0.2) is 110 Å². The van der Waals surface area contributed by atoms with Crippen LogP contribution in [0, 0.1) is 13.8 Å². The molecule has 1 aromatic carbocycles. The average Bonchev–Trinajstić information content (AvgIpc) is 3.19. The quantitative estimate of drug-likeness (QED) is 0.103. The van der Waals surface area contributed by atoms with Gasteiger partial charge in [0, 0.05) is 47.4 Å². The third kappa shape index (κ3) is 11.3. The van der Waals surface area contributed by atoms with Crippen LogP contribution in [0.2, 0.25) is 5.02 Å². The molecule has 0 spiro atoms. The van der Waals surface area contributed by atoms with Gasteiger partial charge in [0.1, 0.15) is 10.8 Å². The molecule has 44 heavy (non-hydrogen) atoms. The third-order valence-corrected chi connectivity index (χ3v) is 8.36. The molecule has 1 aromatic heterocycles. The highest BCUT2D eigenvalue weighted by Crippen LogP contribution is 2.39. The second-order valence-corrected chi connectivity index (χ2v) is 11.7. The zero-order chi connectivity index (χ0) is 31.7. The van der Waals surface area contributed by atoms with Crippen molar-refractivity contribution in [1.29, 1.82) is 0 Å². The molecule has 1 aliphatic heterocycles. The Morgan fingerprint density at radius 2 is 1.61 bits per heavy atom. The van der Waals surface area contributed by atoms with Gasteiger partial charge in [-0.05, 0) is 45.5 Å². The molecule has 0 unspecified atom stereocenters. The number of ether oxygens (including phenoxy) is 4. The second-order valence-electron chi connectivity index (χ2n) is 10.1. The van der Waals surface area contributed by atoms with Gasteiger partial charge in [-0.15, -0.1) is 16.4 Å². The van der Waals surface area contributed by atoms with Crippen LogP contribution < -0.4 is 15.5 Å². The lowest BCUT2D eigenvalue weighted by Gasteiger charge is -2.24. The smallest absolute Gasteiger partial charge is 0.222 e. The zero-order valence-electron chi connectivity index (χ0n) is 26.2. The summed E-state index contributed by atoms with van der Waals surface area (Å²) in [5.74, 6) is 0.590. The predicted octanol–water partition coefficient (Wildman–Crippen LogP) is 3.87. The summed E-state index contributed by atoms with van der Waals surface area (Å²) in [7, 11) is 1.89. The number of nitrogens with zero attached hydrogens (tertiary/aromatic N) is 4. The topological polar surface area (TPSA) is 118 Å². The predicted molar refractivity (Wildman–Crippen MR) is 180 cm³/mol. The van der Waals surface area contributed by atoms with E-state index in [1.165, 1.54) is 4.88 Å². The molecule has 242 valence electrons. The molecule has 3 rings (SSSR count). The van der Waals surface area contributed by atoms with Crippen LogP contribution in [0.4, 0.5) is 5.00 Å². The van der Waals surface area contributed by atoms with Gasteiger partial charge in [0.05, 0.1) is 71.0 Å². The lowest BCUT2D eigenvalue weighted by atomic mass is 9.99. The van der Waals surface area contributed by atoms with Gasteiger partial charge in [-0.25, -0.2) is 0 Å². The molecule has 0 saturated heterocycles. The fraction of sp³-hybridized carbons (Fsp3) is 0.548. The SMILES string of the molecule is C=N/N=C(/C)N1C[C@H](CC(=O)NCCOCCOCCOCCOCCNC)N=C(c2ccc(Cl)cc2)c2c1sc(C)c2C. The number of amidine groups is 1. The maximum absolute atomic E-state index is 13.0. The molecule has 2 heterocycles. The van der Waals surface area contributed by atoms with E-state index in [4.69, 9.17) is 35.5 Å². The van der Waals surface area contributed by atoms with E-state index in [9.17, 15) is 4.79 Å². The lowest BCUT2D eigenvalue weighted by molar-refractivity contribution is -0.121. The van der Waals surface area contributed by atoms with Crippen molar-refractivity contribution in [3.8, 4) is 0 Å². The molecule has 2 N–H and O–H groups in total. The molecule has 0 saturated carbocycles. The highest BCUT2D eigenvalue weighted by Gasteiger charge is 2.31. The van der Waals surface area contributed by atoms with Crippen LogP contribution in [0.5, 0.6) is 0 Å². The molecule has 1 amide bonds. The monoisotopic (exact) mass is 648 g/mol. The van der Waals surface area contributed by atoms with Crippen LogP contribution in [0.3, 0.4) is 0 Å². The molecular weight excluding hydrogens is 604 g/mol. The number of anilines is 1. The van der Waals surface area contributed by atoms with Crippen molar-refractivity contribution in [3.63, 3.8) is 0 Å². The first-order valence-corrected chi connectivity index (χ1v) is 16.0. The van der Waals surface area contributed by atoms with E-state index in [2.05, 4.69) is 46.3 Å². The number of hydrogen-bond donors (Lipinski definition) is 2. The molecule has 11 nitrogen and oxygen atoms in total. The summed E-state index contributed by atoms with van der Waals surface area (Å²) in [6, 6.07) is 7.32. The summed E-state index contributed by atoms with van der Waals surface area (Å²) in [6.07, 6.45) is 0.207. The molecule has 1 atom stereocenters. The van der Waals surface area contributed by atoms with Crippen molar-refractivity contribution in [2.24, 2.45) is 15.2 Å². The summed E-state index contributed by atoms with van der Waals surface area (Å²) in [4.78, 5) is 21.4. The summed E-state index contributed by atoms with van der Waals surface area (Å²) in [6.45, 7) is 15.4. The van der Waals surface area contributed by atoms with Crippen molar-refractivity contribution in [2.45, 2.75) is 33.2 Å². The number of carbonyl (C=O) groups is 1. The summed E-state index contributed by atoms with van der Waals surface area (Å²) < 4.78 is 22.0. The average molecular weight is 649 g/mol. The number of thiophene rings is 1. The van der Waals surface area contributed by atoms with Gasteiger partial charge in [0.25, 0.3) is 0 Å². The van der Waals surface area contributed by atoms with Crippen molar-refractivity contribution in [1.82, 2.24) is 10.6 Å². The first-order chi connectivity index (χ1) is 21.3. The largest absolute Gasteiger partial charge is 0.378 e. The van der Waals surface area contributed by atoms with E-state index in [-0.39, 0.29) is 18.4 Å². The maximum atomic E-state index is 13.0. The normalized spacial score (nSPS) is 15.1. The van der Waals surface area contributed by atoms with Crippen LogP contribution in [0.1, 0.15) is 34.9 Å². The molecule has 0 fully saturated rings. The summed E-state index contributed by atoms with van der Waals surface area (Å²) >= 11 is 7.87. The first kappa shape index (κ1) is 35.8. The van der Waals surface area contributed by atoms with Crippen molar-refractivity contribution < 1.29 is 23.7 Å². The van der Waals surface area contributed by atoms with E-state index in [0.29, 0.717) is 76.8 Å². The summed E-state index contributed by atoms with van der Waals surface area (Å²) in [5.41, 5.74) is 3.96. The number of nitrogens with one attached hydrogen (secondary N) is 2. The molecule has 0 radical (unpaired) electrons. The van der Waals surface area contributed by atoms with E-state index in [1.54, 1.807) is 11.3 Å². The fourth-order valence-corrected chi connectivity index (χ4v) is 5.86. The van der Waals surface area contributed by atoms with Gasteiger partial charge in [-0.2, -0.15) is 5.10 Å². The van der Waals surface area contributed by atoms with Crippen molar-refractivity contribution in [2.75, 3.05) is 84.4 Å². The Balaban J connectivity index is 1.50. The van der Waals surface area contributed by atoms with Crippen LogP contribution in [-0.2, 0) is 23.7 Å². The Bertz CT molecular complexity index is 1250. The highest BCUT2D eigenvalue weighted by molar-refractivity contribution is 7.17. The number of fused-ring (bicyclic) bond motifs is 1. The molecule has 2 aromatic rings. The van der Waals surface area contributed by atoms with Crippen LogP contribution in [0.25, 0.3) is 0 Å². The fourth-order valence-electron chi connectivity index (χ4n) is 4.52. The number of halogens is 1. The molecule has 0 bridgehead atoms. The van der Waals surface area contributed by atoms with Crippen molar-refractivity contribution >= 4 is 52.1 Å². The molecular formula is C31H45ClN6O5S.